The lowest BCUT2D eigenvalue weighted by molar-refractivity contribution is 0.0940. The SMILES string of the molecule is O=C(NCC1CCCN(c2ccncc2)C1)c1cnccn1. The summed E-state index contributed by atoms with van der Waals surface area (Å²) in [6.45, 7) is 2.67. The van der Waals surface area contributed by atoms with Gasteiger partial charge in [-0.05, 0) is 30.9 Å². The predicted octanol–water partition coefficient (Wildman–Crippen LogP) is 1.52. The van der Waals surface area contributed by atoms with E-state index in [1.54, 1.807) is 6.20 Å². The van der Waals surface area contributed by atoms with Crippen LogP contribution in [-0.4, -0.2) is 40.5 Å². The van der Waals surface area contributed by atoms with E-state index in [0.717, 1.165) is 25.9 Å². The van der Waals surface area contributed by atoms with Crippen molar-refractivity contribution in [3.8, 4) is 0 Å². The minimum absolute atomic E-state index is 0.158. The molecule has 1 aliphatic heterocycles. The van der Waals surface area contributed by atoms with Crippen LogP contribution in [0.25, 0.3) is 0 Å². The van der Waals surface area contributed by atoms with Crippen LogP contribution in [0.2, 0.25) is 0 Å². The van der Waals surface area contributed by atoms with Crippen LogP contribution >= 0.6 is 0 Å². The summed E-state index contributed by atoms with van der Waals surface area (Å²) in [7, 11) is 0. The van der Waals surface area contributed by atoms with Crippen LogP contribution in [0.1, 0.15) is 23.3 Å². The largest absolute Gasteiger partial charge is 0.371 e. The monoisotopic (exact) mass is 297 g/mol. The Balaban J connectivity index is 1.54. The van der Waals surface area contributed by atoms with E-state index in [9.17, 15) is 4.79 Å². The van der Waals surface area contributed by atoms with Gasteiger partial charge in [-0.1, -0.05) is 0 Å². The molecule has 2 aromatic rings. The molecule has 0 aromatic carbocycles. The molecule has 22 heavy (non-hydrogen) atoms. The predicted molar refractivity (Wildman–Crippen MR) is 83.5 cm³/mol. The molecule has 0 aliphatic carbocycles. The van der Waals surface area contributed by atoms with Gasteiger partial charge in [-0.25, -0.2) is 4.98 Å². The van der Waals surface area contributed by atoms with E-state index >= 15 is 0 Å². The highest BCUT2D eigenvalue weighted by molar-refractivity contribution is 5.91. The number of carbonyl (C=O) groups excluding carboxylic acids is 1. The van der Waals surface area contributed by atoms with E-state index < -0.39 is 0 Å². The molecule has 1 N–H and O–H groups in total. The Morgan fingerprint density at radius 2 is 2.09 bits per heavy atom. The highest BCUT2D eigenvalue weighted by Crippen LogP contribution is 2.22. The average molecular weight is 297 g/mol. The molecule has 0 bridgehead atoms. The van der Waals surface area contributed by atoms with Gasteiger partial charge in [0.05, 0.1) is 6.20 Å². The highest BCUT2D eigenvalue weighted by Gasteiger charge is 2.21. The number of hydrogen-bond acceptors (Lipinski definition) is 5. The summed E-state index contributed by atoms with van der Waals surface area (Å²) in [4.78, 5) is 26.3. The van der Waals surface area contributed by atoms with Crippen molar-refractivity contribution in [3.05, 3.63) is 48.8 Å². The van der Waals surface area contributed by atoms with Crippen molar-refractivity contribution < 1.29 is 4.79 Å². The summed E-state index contributed by atoms with van der Waals surface area (Å²) in [5.41, 5.74) is 1.56. The zero-order valence-corrected chi connectivity index (χ0v) is 12.4. The van der Waals surface area contributed by atoms with Crippen LogP contribution in [0.15, 0.2) is 43.1 Å². The summed E-state index contributed by atoms with van der Waals surface area (Å²) in [6.07, 6.45) is 10.5. The third-order valence-corrected chi connectivity index (χ3v) is 3.89. The number of piperidine rings is 1. The van der Waals surface area contributed by atoms with Crippen LogP contribution < -0.4 is 10.2 Å². The Labute approximate surface area is 129 Å². The Hall–Kier alpha value is -2.50. The van der Waals surface area contributed by atoms with Gasteiger partial charge >= 0.3 is 0 Å². The third-order valence-electron chi connectivity index (χ3n) is 3.89. The maximum Gasteiger partial charge on any atom is 0.271 e. The molecule has 1 amide bonds. The van der Waals surface area contributed by atoms with E-state index in [1.807, 2.05) is 24.5 Å². The van der Waals surface area contributed by atoms with Crippen molar-refractivity contribution in [1.29, 1.82) is 0 Å². The molecule has 0 radical (unpaired) electrons. The number of hydrogen-bond donors (Lipinski definition) is 1. The van der Waals surface area contributed by atoms with E-state index in [4.69, 9.17) is 0 Å². The fraction of sp³-hybridized carbons (Fsp3) is 0.375. The molecule has 0 spiro atoms. The molecule has 3 heterocycles. The molecular formula is C16H19N5O. The van der Waals surface area contributed by atoms with Gasteiger partial charge < -0.3 is 10.2 Å². The van der Waals surface area contributed by atoms with Crippen LogP contribution in [0.3, 0.4) is 0 Å². The van der Waals surface area contributed by atoms with Crippen molar-refractivity contribution in [2.75, 3.05) is 24.5 Å². The second-order valence-electron chi connectivity index (χ2n) is 5.46. The Morgan fingerprint density at radius 1 is 1.23 bits per heavy atom. The number of amides is 1. The molecule has 6 nitrogen and oxygen atoms in total. The summed E-state index contributed by atoms with van der Waals surface area (Å²) in [6, 6.07) is 4.06. The number of carbonyl (C=O) groups is 1. The number of nitrogens with zero attached hydrogens (tertiary/aromatic N) is 4. The van der Waals surface area contributed by atoms with Gasteiger partial charge in [-0.3, -0.25) is 14.8 Å². The lowest BCUT2D eigenvalue weighted by Crippen LogP contribution is -2.41. The smallest absolute Gasteiger partial charge is 0.271 e. The van der Waals surface area contributed by atoms with E-state index in [0.29, 0.717) is 18.2 Å². The molecular weight excluding hydrogens is 278 g/mol. The maximum absolute atomic E-state index is 12.0. The minimum Gasteiger partial charge on any atom is -0.371 e. The molecule has 1 saturated heterocycles. The van der Waals surface area contributed by atoms with Crippen molar-refractivity contribution >= 4 is 11.6 Å². The van der Waals surface area contributed by atoms with Crippen LogP contribution in [0.5, 0.6) is 0 Å². The van der Waals surface area contributed by atoms with E-state index in [2.05, 4.69) is 25.2 Å². The Bertz CT molecular complexity index is 604. The average Bonchev–Trinajstić information content (AvgIpc) is 2.61. The summed E-state index contributed by atoms with van der Waals surface area (Å²) in [5.74, 6) is 0.289. The van der Waals surface area contributed by atoms with E-state index in [1.165, 1.54) is 18.1 Å². The topological polar surface area (TPSA) is 71.0 Å². The van der Waals surface area contributed by atoms with E-state index in [-0.39, 0.29) is 5.91 Å². The number of rotatable bonds is 4. The fourth-order valence-corrected chi connectivity index (χ4v) is 2.76. The molecule has 1 aliphatic rings. The second kappa shape index (κ2) is 6.98. The van der Waals surface area contributed by atoms with Gasteiger partial charge in [0.2, 0.25) is 0 Å². The molecule has 1 unspecified atom stereocenters. The normalized spacial score (nSPS) is 18.0. The fourth-order valence-electron chi connectivity index (χ4n) is 2.76. The highest BCUT2D eigenvalue weighted by atomic mass is 16.1. The summed E-state index contributed by atoms with van der Waals surface area (Å²) < 4.78 is 0. The van der Waals surface area contributed by atoms with Gasteiger partial charge in [0.15, 0.2) is 0 Å². The molecule has 6 heteroatoms. The summed E-state index contributed by atoms with van der Waals surface area (Å²) >= 11 is 0. The lowest BCUT2D eigenvalue weighted by Gasteiger charge is -2.34. The molecule has 1 fully saturated rings. The molecule has 0 saturated carbocycles. The minimum atomic E-state index is -0.158. The third kappa shape index (κ3) is 3.58. The lowest BCUT2D eigenvalue weighted by atomic mass is 9.97. The van der Waals surface area contributed by atoms with Crippen molar-refractivity contribution in [2.24, 2.45) is 5.92 Å². The molecule has 114 valence electrons. The van der Waals surface area contributed by atoms with Crippen LogP contribution in [-0.2, 0) is 0 Å². The summed E-state index contributed by atoms with van der Waals surface area (Å²) in [5, 5.41) is 2.96. The van der Waals surface area contributed by atoms with Crippen LogP contribution in [0, 0.1) is 5.92 Å². The van der Waals surface area contributed by atoms with Crippen LogP contribution in [0.4, 0.5) is 5.69 Å². The first-order chi connectivity index (χ1) is 10.8. The zero-order valence-electron chi connectivity index (χ0n) is 12.4. The molecule has 3 rings (SSSR count). The first kappa shape index (κ1) is 14.4. The quantitative estimate of drug-likeness (QED) is 0.926. The van der Waals surface area contributed by atoms with Crippen molar-refractivity contribution in [1.82, 2.24) is 20.3 Å². The van der Waals surface area contributed by atoms with Crippen molar-refractivity contribution in [2.45, 2.75) is 12.8 Å². The Kier molecular flexibility index (Phi) is 4.58. The Morgan fingerprint density at radius 3 is 2.86 bits per heavy atom. The standard InChI is InChI=1S/C16H19N5O/c22-16(15-11-18-7-8-19-15)20-10-13-2-1-9-21(12-13)14-3-5-17-6-4-14/h3-8,11,13H,1-2,9-10,12H2,(H,20,22). The van der Waals surface area contributed by atoms with Gasteiger partial charge in [0.25, 0.3) is 5.91 Å². The maximum atomic E-state index is 12.0. The first-order valence-corrected chi connectivity index (χ1v) is 7.52. The van der Waals surface area contributed by atoms with Gasteiger partial charge in [-0.2, -0.15) is 0 Å². The second-order valence-corrected chi connectivity index (χ2v) is 5.46. The number of pyridine rings is 1. The number of anilines is 1. The molecule has 2 aromatic heterocycles. The van der Waals surface area contributed by atoms with Gasteiger partial charge in [-0.15, -0.1) is 0 Å². The molecule has 1 atom stereocenters. The number of aromatic nitrogens is 3. The first-order valence-electron chi connectivity index (χ1n) is 7.52. The van der Waals surface area contributed by atoms with Gasteiger partial charge in [0.1, 0.15) is 5.69 Å². The van der Waals surface area contributed by atoms with Gasteiger partial charge in [0, 0.05) is 50.1 Å². The number of nitrogens with one attached hydrogen (secondary N) is 1. The zero-order chi connectivity index (χ0) is 15.2. The van der Waals surface area contributed by atoms with Crippen molar-refractivity contribution in [3.63, 3.8) is 0 Å².